The molecule has 0 aliphatic carbocycles. The molecule has 0 bridgehead atoms. The number of aromatic nitrogens is 1. The molecule has 0 atom stereocenters. The molecule has 1 heterocycles. The van der Waals surface area contributed by atoms with Gasteiger partial charge in [0, 0.05) is 10.7 Å². The summed E-state index contributed by atoms with van der Waals surface area (Å²) in [6.45, 7) is 1.90. The minimum Gasteiger partial charge on any atom is -0.321 e. The first-order valence-corrected chi connectivity index (χ1v) is 6.16. The minimum absolute atomic E-state index is 0.389. The highest BCUT2D eigenvalue weighted by Gasteiger charge is 2.16. The Morgan fingerprint density at radius 3 is 2.74 bits per heavy atom. The molecular weight excluding hydrogens is 318 g/mol. The Morgan fingerprint density at radius 1 is 1.32 bits per heavy atom. The van der Waals surface area contributed by atoms with Crippen molar-refractivity contribution in [2.75, 3.05) is 5.32 Å². The summed E-state index contributed by atoms with van der Waals surface area (Å²) < 4.78 is 27.0. The molecule has 98 valence electrons. The Hall–Kier alpha value is -1.82. The van der Waals surface area contributed by atoms with Crippen molar-refractivity contribution in [1.29, 1.82) is 0 Å². The van der Waals surface area contributed by atoms with Crippen molar-refractivity contribution in [1.82, 2.24) is 4.98 Å². The molecule has 0 aliphatic rings. The summed E-state index contributed by atoms with van der Waals surface area (Å²) in [7, 11) is 0. The van der Waals surface area contributed by atoms with E-state index in [1.807, 2.05) is 6.92 Å². The molecule has 0 saturated carbocycles. The average Bonchev–Trinajstić information content (AvgIpc) is 2.36. The van der Waals surface area contributed by atoms with Crippen molar-refractivity contribution in [2.24, 2.45) is 0 Å². The molecule has 0 unspecified atom stereocenters. The monoisotopic (exact) mass is 326 g/mol. The van der Waals surface area contributed by atoms with Gasteiger partial charge in [0.05, 0.1) is 11.3 Å². The molecule has 0 radical (unpaired) electrons. The normalized spacial score (nSPS) is 10.3. The number of amides is 1. The third kappa shape index (κ3) is 2.96. The predicted molar refractivity (Wildman–Crippen MR) is 71.0 cm³/mol. The second-order valence-electron chi connectivity index (χ2n) is 3.90. The number of halogens is 3. The summed E-state index contributed by atoms with van der Waals surface area (Å²) in [6.07, 6.45) is 1.04. The van der Waals surface area contributed by atoms with E-state index in [1.165, 1.54) is 0 Å². The van der Waals surface area contributed by atoms with E-state index in [9.17, 15) is 13.6 Å². The first-order chi connectivity index (χ1) is 8.99. The van der Waals surface area contributed by atoms with Crippen LogP contribution in [-0.4, -0.2) is 10.9 Å². The third-order valence-corrected chi connectivity index (χ3v) is 3.12. The second-order valence-corrected chi connectivity index (χ2v) is 4.76. The fraction of sp³-hybridized carbons (Fsp3) is 0.0769. The minimum atomic E-state index is -1.30. The number of hydrogen-bond acceptors (Lipinski definition) is 2. The average molecular weight is 327 g/mol. The van der Waals surface area contributed by atoms with Crippen LogP contribution in [0.2, 0.25) is 0 Å². The lowest BCUT2D eigenvalue weighted by Gasteiger charge is -2.08. The predicted octanol–water partition coefficient (Wildman–Crippen LogP) is 3.68. The number of carbonyl (C=O) groups is 1. The Kier molecular flexibility index (Phi) is 3.90. The maximum Gasteiger partial charge on any atom is 0.258 e. The van der Waals surface area contributed by atoms with Gasteiger partial charge in [-0.15, -0.1) is 0 Å². The Balaban J connectivity index is 2.28. The van der Waals surface area contributed by atoms with E-state index in [4.69, 9.17) is 0 Å². The van der Waals surface area contributed by atoms with Crippen LogP contribution in [0.1, 0.15) is 15.9 Å². The Morgan fingerprint density at radius 2 is 2.05 bits per heavy atom. The van der Waals surface area contributed by atoms with E-state index in [-0.39, 0.29) is 5.56 Å². The molecule has 1 aromatic heterocycles. The van der Waals surface area contributed by atoms with Crippen LogP contribution in [0.4, 0.5) is 14.5 Å². The number of carbonyl (C=O) groups excluding carboxylic acids is 1. The van der Waals surface area contributed by atoms with Crippen LogP contribution in [0, 0.1) is 18.7 Å². The quantitative estimate of drug-likeness (QED) is 0.855. The Labute approximate surface area is 116 Å². The molecule has 0 aliphatic heterocycles. The van der Waals surface area contributed by atoms with Crippen molar-refractivity contribution in [2.45, 2.75) is 6.92 Å². The smallest absolute Gasteiger partial charge is 0.258 e. The van der Waals surface area contributed by atoms with Crippen molar-refractivity contribution in [3.05, 3.63) is 57.8 Å². The Bertz CT molecular complexity index is 647. The second kappa shape index (κ2) is 5.44. The molecule has 0 spiro atoms. The number of benzene rings is 1. The molecule has 0 fully saturated rings. The topological polar surface area (TPSA) is 42.0 Å². The summed E-state index contributed by atoms with van der Waals surface area (Å²) in [6, 6.07) is 6.39. The van der Waals surface area contributed by atoms with Gasteiger partial charge in [-0.25, -0.2) is 9.37 Å². The van der Waals surface area contributed by atoms with Crippen LogP contribution in [-0.2, 0) is 0 Å². The highest BCUT2D eigenvalue weighted by molar-refractivity contribution is 9.10. The van der Waals surface area contributed by atoms with Gasteiger partial charge in [0.1, 0.15) is 0 Å². The third-order valence-electron chi connectivity index (χ3n) is 2.46. The highest BCUT2D eigenvalue weighted by Crippen LogP contribution is 2.24. The highest BCUT2D eigenvalue weighted by atomic mass is 79.9. The lowest BCUT2D eigenvalue weighted by Crippen LogP contribution is -2.15. The maximum absolute atomic E-state index is 13.4. The van der Waals surface area contributed by atoms with Gasteiger partial charge in [-0.1, -0.05) is 6.07 Å². The number of anilines is 1. The fourth-order valence-corrected chi connectivity index (χ4v) is 2.10. The molecule has 1 amide bonds. The fourth-order valence-electron chi connectivity index (χ4n) is 1.50. The zero-order chi connectivity index (χ0) is 14.0. The molecule has 2 aromatic rings. The van der Waals surface area contributed by atoms with Crippen molar-refractivity contribution in [3.63, 3.8) is 0 Å². The van der Waals surface area contributed by atoms with Gasteiger partial charge >= 0.3 is 0 Å². The first-order valence-electron chi connectivity index (χ1n) is 5.36. The molecule has 19 heavy (non-hydrogen) atoms. The molecule has 1 aromatic carbocycles. The first kappa shape index (κ1) is 13.6. The van der Waals surface area contributed by atoms with Gasteiger partial charge in [-0.05, 0) is 46.6 Å². The summed E-state index contributed by atoms with van der Waals surface area (Å²) in [5.41, 5.74) is 1.10. The van der Waals surface area contributed by atoms with E-state index in [2.05, 4.69) is 26.2 Å². The van der Waals surface area contributed by atoms with Crippen LogP contribution >= 0.6 is 15.9 Å². The van der Waals surface area contributed by atoms with E-state index in [0.717, 1.165) is 17.8 Å². The van der Waals surface area contributed by atoms with Gasteiger partial charge in [-0.2, -0.15) is 4.39 Å². The summed E-state index contributed by atoms with van der Waals surface area (Å²) in [4.78, 5) is 15.0. The summed E-state index contributed by atoms with van der Waals surface area (Å²) >= 11 is 3.29. The van der Waals surface area contributed by atoms with Crippen LogP contribution in [0.25, 0.3) is 0 Å². The van der Waals surface area contributed by atoms with E-state index < -0.39 is 17.7 Å². The molecule has 6 heteroatoms. The van der Waals surface area contributed by atoms with E-state index in [0.29, 0.717) is 10.2 Å². The van der Waals surface area contributed by atoms with Crippen LogP contribution < -0.4 is 5.32 Å². The zero-order valence-corrected chi connectivity index (χ0v) is 11.5. The summed E-state index contributed by atoms with van der Waals surface area (Å²) in [5, 5.41) is 2.50. The van der Waals surface area contributed by atoms with Crippen LogP contribution in [0.3, 0.4) is 0 Å². The van der Waals surface area contributed by atoms with E-state index in [1.54, 1.807) is 18.2 Å². The maximum atomic E-state index is 13.4. The van der Waals surface area contributed by atoms with Crippen LogP contribution in [0.5, 0.6) is 0 Å². The largest absolute Gasteiger partial charge is 0.321 e. The van der Waals surface area contributed by atoms with Crippen molar-refractivity contribution in [3.8, 4) is 0 Å². The number of aryl methyl sites for hydroxylation is 1. The number of nitrogens with zero attached hydrogens (tertiary/aromatic N) is 1. The van der Waals surface area contributed by atoms with Gasteiger partial charge in [0.15, 0.2) is 5.82 Å². The lowest BCUT2D eigenvalue weighted by molar-refractivity contribution is 0.102. The van der Waals surface area contributed by atoms with E-state index >= 15 is 0 Å². The van der Waals surface area contributed by atoms with Gasteiger partial charge in [0.2, 0.25) is 5.95 Å². The zero-order valence-electron chi connectivity index (χ0n) is 9.88. The molecule has 2 rings (SSSR count). The summed E-state index contributed by atoms with van der Waals surface area (Å²) in [5.74, 6) is -3.29. The number of rotatable bonds is 2. The number of pyridine rings is 1. The SMILES string of the molecule is Cc1ccc(NC(=O)c2ccnc(F)c2F)c(Br)c1. The number of hydrogen-bond donors (Lipinski definition) is 1. The standard InChI is InChI=1S/C13H9BrF2N2O/c1-7-2-3-10(9(14)6-7)18-13(19)8-4-5-17-12(16)11(8)15/h2-6H,1H3,(H,18,19). The van der Waals surface area contributed by atoms with Crippen molar-refractivity contribution >= 4 is 27.5 Å². The molecular formula is C13H9BrF2N2O. The molecule has 1 N–H and O–H groups in total. The lowest BCUT2D eigenvalue weighted by atomic mass is 10.2. The molecule has 0 saturated heterocycles. The number of nitrogens with one attached hydrogen (secondary N) is 1. The van der Waals surface area contributed by atoms with Gasteiger partial charge < -0.3 is 5.32 Å². The van der Waals surface area contributed by atoms with Gasteiger partial charge in [-0.3, -0.25) is 4.79 Å². The molecule has 3 nitrogen and oxygen atoms in total. The van der Waals surface area contributed by atoms with Crippen LogP contribution in [0.15, 0.2) is 34.9 Å². The van der Waals surface area contributed by atoms with Crippen molar-refractivity contribution < 1.29 is 13.6 Å². The van der Waals surface area contributed by atoms with Gasteiger partial charge in [0.25, 0.3) is 5.91 Å².